The number of ether oxygens (including phenoxy) is 2. The number of carbonyl (C=O) groups excluding carboxylic acids is 5. The number of anilines is 2. The number of rotatable bonds is 23. The summed E-state index contributed by atoms with van der Waals surface area (Å²) in [6, 6.07) is 30.8. The van der Waals surface area contributed by atoms with Crippen LogP contribution in [0.5, 0.6) is 0 Å². The fourth-order valence-corrected chi connectivity index (χ4v) is 15.3. The highest BCUT2D eigenvalue weighted by Crippen LogP contribution is 2.44. The van der Waals surface area contributed by atoms with E-state index in [2.05, 4.69) is 124 Å². The number of carbonyl (C=O) groups is 5. The first-order valence-corrected chi connectivity index (χ1v) is 39.2. The van der Waals surface area contributed by atoms with Gasteiger partial charge in [-0.1, -0.05) is 133 Å². The van der Waals surface area contributed by atoms with Crippen molar-refractivity contribution < 1.29 is 59.1 Å². The van der Waals surface area contributed by atoms with Crippen LogP contribution in [0.3, 0.4) is 0 Å². The Hall–Kier alpha value is -6.34. The minimum Gasteiger partial charge on any atom is -0.469 e. The molecule has 0 bridgehead atoms. The Morgan fingerprint density at radius 2 is 0.837 bits per heavy atom. The van der Waals surface area contributed by atoms with Crippen molar-refractivity contribution in [1.29, 1.82) is 0 Å². The summed E-state index contributed by atoms with van der Waals surface area (Å²) in [7, 11) is -5.89. The fraction of sp³-hybridized carbons (Fsp3) is 0.452. The van der Waals surface area contributed by atoms with E-state index in [-0.39, 0.29) is 65.2 Å². The van der Waals surface area contributed by atoms with Crippen LogP contribution in [0.15, 0.2) is 97.1 Å². The molecule has 0 unspecified atom stereocenters. The average molecular weight is 1280 g/mol. The second-order valence-corrected chi connectivity index (χ2v) is 40.7. The van der Waals surface area contributed by atoms with Gasteiger partial charge in [0.25, 0.3) is 0 Å². The van der Waals surface area contributed by atoms with Gasteiger partial charge in [0.2, 0.25) is 31.9 Å². The highest BCUT2D eigenvalue weighted by Gasteiger charge is 2.41. The zero-order valence-electron chi connectivity index (χ0n) is 53.7. The summed E-state index contributed by atoms with van der Waals surface area (Å²) in [6.45, 7) is 25.4. The van der Waals surface area contributed by atoms with E-state index in [4.69, 9.17) is 18.3 Å². The van der Waals surface area contributed by atoms with E-state index < -0.39 is 61.7 Å². The molecule has 0 aliphatic carbocycles. The molecule has 0 saturated heterocycles. The molecule has 0 aliphatic rings. The number of aldehydes is 1. The molecule has 0 spiro atoms. The van der Waals surface area contributed by atoms with Gasteiger partial charge in [0, 0.05) is 32.5 Å². The lowest BCUT2D eigenvalue weighted by molar-refractivity contribution is -0.144. The Morgan fingerprint density at radius 3 is 1.12 bits per heavy atom. The SMILES string of the molecule is COC(=O)C[C@@H](CC(=O)/C=C/c1c(C)nc(N(C)S(C)(=O)=O)nc1C)O[Si](C)(C)C(C)(C)C.COC(=O)C[C@@H](CC(=O)C=P(c1ccccc1)(c1ccccc1)c1ccccc1)O[Si](C)(C)C(C)(C)C.Cc1nc(N(C)S(C)(=O)=O)nc(C)c1C=O. The number of nitrogens with zero attached hydrogens (tertiary/aromatic N) is 6. The van der Waals surface area contributed by atoms with Gasteiger partial charge in [0.1, 0.15) is 0 Å². The van der Waals surface area contributed by atoms with Crippen LogP contribution in [0.25, 0.3) is 6.08 Å². The van der Waals surface area contributed by atoms with E-state index in [9.17, 15) is 40.8 Å². The number of esters is 2. The van der Waals surface area contributed by atoms with Gasteiger partial charge < -0.3 is 18.3 Å². The van der Waals surface area contributed by atoms with Crippen LogP contribution < -0.4 is 24.5 Å². The van der Waals surface area contributed by atoms with Crippen LogP contribution in [-0.4, -0.2) is 142 Å². The lowest BCUT2D eigenvalue weighted by Gasteiger charge is -2.39. The van der Waals surface area contributed by atoms with Gasteiger partial charge >= 0.3 is 11.9 Å². The molecule has 5 rings (SSSR count). The number of aryl methyl sites for hydroxylation is 4. The highest BCUT2D eigenvalue weighted by atomic mass is 32.2. The van der Waals surface area contributed by atoms with Crippen molar-refractivity contribution in [3.05, 3.63) is 131 Å². The molecule has 3 aromatic carbocycles. The molecule has 2 heterocycles. The van der Waals surface area contributed by atoms with Gasteiger partial charge in [-0.15, -0.1) is 0 Å². The fourth-order valence-electron chi connectivity index (χ4n) is 8.06. The number of Topliss-reactive ketones (excluding diaryl/α,β-unsaturated/α-hetero) is 1. The first-order chi connectivity index (χ1) is 39.6. The third kappa shape index (κ3) is 20.9. The maximum absolute atomic E-state index is 13.9. The Labute approximate surface area is 513 Å². The van der Waals surface area contributed by atoms with Crippen molar-refractivity contribution in [1.82, 2.24) is 19.9 Å². The number of allylic oxidation sites excluding steroid dienone is 1. The normalized spacial score (nSPS) is 13.0. The van der Waals surface area contributed by atoms with E-state index in [0.29, 0.717) is 40.2 Å². The van der Waals surface area contributed by atoms with Gasteiger partial charge in [-0.2, -0.15) is 0 Å². The zero-order valence-corrected chi connectivity index (χ0v) is 58.2. The molecule has 5 aromatic rings. The maximum Gasteiger partial charge on any atom is 0.308 e. The second-order valence-electron chi connectivity index (χ2n) is 23.9. The molecule has 0 amide bonds. The second kappa shape index (κ2) is 31.0. The predicted molar refractivity (Wildman–Crippen MR) is 352 cm³/mol. The van der Waals surface area contributed by atoms with Crippen molar-refractivity contribution in [3.63, 3.8) is 0 Å². The van der Waals surface area contributed by atoms with Gasteiger partial charge in [0.15, 0.2) is 34.5 Å². The van der Waals surface area contributed by atoms with Crippen LogP contribution in [0.2, 0.25) is 36.3 Å². The first kappa shape index (κ1) is 73.9. The maximum atomic E-state index is 13.9. The molecule has 0 saturated carbocycles. The standard InChI is InChI=1S/C31H39O4PSi.C22H37N3O6SSi.C9H13N3O3S/c1-31(2,3)37(5,6)35-26(23-30(33)34-4)22-25(32)24-36(27-16-10-7-11-17-27,28-18-12-8-13-19-28)29-20-14-9-15-21-29;1-15-19(16(2)24-21(23-15)25(6)32(8,28)29)12-11-17(26)13-18(14-20(27)30-7)31-33(9,10)22(3,4)5;1-6-8(5-13)7(2)11-9(10-6)12(3)16(4,14)15/h7-21,24,26H,22-23H2,1-6H3;11-12,18H,13-14H2,1-10H3;5H,1-4H3/b;12-11+;/t26-;18-;/m11./s1. The molecule has 0 radical (unpaired) electrons. The van der Waals surface area contributed by atoms with Crippen molar-refractivity contribution in [3.8, 4) is 0 Å². The Morgan fingerprint density at radius 1 is 0.535 bits per heavy atom. The molecule has 86 heavy (non-hydrogen) atoms. The molecular formula is C62H89N6O13PS2Si2. The van der Waals surface area contributed by atoms with Crippen LogP contribution in [0.4, 0.5) is 11.9 Å². The number of sulfonamides is 2. The van der Waals surface area contributed by atoms with Crippen LogP contribution in [-0.2, 0) is 57.6 Å². The Kier molecular flexibility index (Phi) is 26.7. The van der Waals surface area contributed by atoms with Crippen molar-refractivity contribution in [2.75, 3.05) is 49.4 Å². The molecule has 0 fully saturated rings. The third-order valence-electron chi connectivity index (χ3n) is 15.2. The molecule has 0 aliphatic heterocycles. The number of benzene rings is 3. The Balaban J connectivity index is 0.000000362. The number of ketones is 2. The van der Waals surface area contributed by atoms with Crippen LogP contribution in [0, 0.1) is 27.7 Å². The lowest BCUT2D eigenvalue weighted by Crippen LogP contribution is -2.45. The molecule has 470 valence electrons. The molecule has 24 heteroatoms. The van der Waals surface area contributed by atoms with Gasteiger partial charge in [-0.05, 0) is 105 Å². The summed E-state index contributed by atoms with van der Waals surface area (Å²) in [5, 5.41) is 3.19. The smallest absolute Gasteiger partial charge is 0.308 e. The first-order valence-electron chi connectivity index (χ1n) is 27.8. The van der Waals surface area contributed by atoms with Crippen molar-refractivity contribution in [2.24, 2.45) is 0 Å². The lowest BCUT2D eigenvalue weighted by atomic mass is 10.1. The molecule has 19 nitrogen and oxygen atoms in total. The van der Waals surface area contributed by atoms with Gasteiger partial charge in [0.05, 0.1) is 80.1 Å². The zero-order chi connectivity index (χ0) is 65.4. The number of hydrogen-bond acceptors (Lipinski definition) is 17. The molecule has 2 atom stereocenters. The molecule has 0 N–H and O–H groups in total. The topological polar surface area (TPSA) is 249 Å². The molecule has 2 aromatic heterocycles. The predicted octanol–water partition coefficient (Wildman–Crippen LogP) is 9.41. The summed E-state index contributed by atoms with van der Waals surface area (Å²) in [6.07, 6.45) is 4.90. The summed E-state index contributed by atoms with van der Waals surface area (Å²) in [5.41, 5.74) is 3.04. The summed E-state index contributed by atoms with van der Waals surface area (Å²) < 4.78 is 70.7. The average Bonchev–Trinajstić information content (AvgIpc) is 1.83. The van der Waals surface area contributed by atoms with Crippen molar-refractivity contribution in [2.45, 2.75) is 143 Å². The monoisotopic (exact) mass is 1280 g/mol. The summed E-state index contributed by atoms with van der Waals surface area (Å²) >= 11 is 0. The number of aromatic nitrogens is 4. The van der Waals surface area contributed by atoms with Crippen molar-refractivity contribution >= 4 is 113 Å². The highest BCUT2D eigenvalue weighted by molar-refractivity contribution is 7.95. The number of methoxy groups -OCH3 is 2. The van der Waals surface area contributed by atoms with Crippen LogP contribution in [0.1, 0.15) is 106 Å². The minimum atomic E-state index is -3.49. The third-order valence-corrected chi connectivity index (χ3v) is 30.6. The summed E-state index contributed by atoms with van der Waals surface area (Å²) in [4.78, 5) is 78.0. The van der Waals surface area contributed by atoms with E-state index in [1.165, 1.54) is 34.4 Å². The Bertz CT molecular complexity index is 3340. The van der Waals surface area contributed by atoms with Gasteiger partial charge in [-0.3, -0.25) is 24.0 Å². The van der Waals surface area contributed by atoms with E-state index >= 15 is 0 Å². The van der Waals surface area contributed by atoms with Crippen LogP contribution >= 0.6 is 6.89 Å². The van der Waals surface area contributed by atoms with E-state index in [1.54, 1.807) is 33.8 Å². The van der Waals surface area contributed by atoms with E-state index in [0.717, 1.165) is 37.0 Å². The quantitative estimate of drug-likeness (QED) is 0.0194. The summed E-state index contributed by atoms with van der Waals surface area (Å²) in [5.74, 6) is 1.02. The van der Waals surface area contributed by atoms with E-state index in [1.807, 2.05) is 60.4 Å². The number of hydrogen-bond donors (Lipinski definition) is 0. The largest absolute Gasteiger partial charge is 0.469 e. The van der Waals surface area contributed by atoms with Gasteiger partial charge in [-0.25, -0.2) is 45.4 Å². The minimum absolute atomic E-state index is 0.00369. The molecular weight excluding hydrogens is 1190 g/mol.